The Bertz CT molecular complexity index is 1240. The van der Waals surface area contributed by atoms with Crippen LogP contribution in [0.4, 0.5) is 15.9 Å². The van der Waals surface area contributed by atoms with E-state index < -0.39 is 10.0 Å². The third kappa shape index (κ3) is 5.72. The van der Waals surface area contributed by atoms with Gasteiger partial charge in [-0.1, -0.05) is 17.7 Å². The van der Waals surface area contributed by atoms with Crippen LogP contribution >= 0.6 is 11.6 Å². The van der Waals surface area contributed by atoms with Crippen molar-refractivity contribution >= 4 is 39.0 Å². The first kappa shape index (κ1) is 24.1. The fourth-order valence-corrected chi connectivity index (χ4v) is 4.73. The highest BCUT2D eigenvalue weighted by atomic mass is 35.5. The summed E-state index contributed by atoms with van der Waals surface area (Å²) in [5, 5.41) is 0.530. The normalized spacial score (nSPS) is 14.7. The van der Waals surface area contributed by atoms with Crippen LogP contribution in [0.3, 0.4) is 0 Å². The van der Waals surface area contributed by atoms with Gasteiger partial charge in [-0.25, -0.2) is 17.8 Å². The summed E-state index contributed by atoms with van der Waals surface area (Å²) in [7, 11) is -3.20. The molecule has 1 fully saturated rings. The summed E-state index contributed by atoms with van der Waals surface area (Å²) in [6, 6.07) is 16.1. The van der Waals surface area contributed by atoms with Crippen molar-refractivity contribution in [3.63, 3.8) is 0 Å². The maximum atomic E-state index is 13.5. The second-order valence-corrected chi connectivity index (χ2v) is 10.5. The van der Waals surface area contributed by atoms with Crippen LogP contribution < -0.4 is 9.80 Å². The van der Waals surface area contributed by atoms with Crippen LogP contribution in [0.2, 0.25) is 5.02 Å². The molecule has 0 aliphatic carbocycles. The van der Waals surface area contributed by atoms with Crippen LogP contribution in [-0.2, 0) is 16.6 Å². The van der Waals surface area contributed by atoms with E-state index in [9.17, 15) is 17.6 Å². The minimum Gasteiger partial charge on any atom is -0.354 e. The number of rotatable bonds is 6. The molecule has 2 aromatic carbocycles. The van der Waals surface area contributed by atoms with Crippen molar-refractivity contribution in [2.45, 2.75) is 6.54 Å². The second kappa shape index (κ2) is 10.1. The van der Waals surface area contributed by atoms with Crippen LogP contribution in [0.25, 0.3) is 0 Å². The van der Waals surface area contributed by atoms with E-state index in [-0.39, 0.29) is 18.3 Å². The number of sulfonamides is 1. The molecule has 0 unspecified atom stereocenters. The smallest absolute Gasteiger partial charge is 0.258 e. The summed E-state index contributed by atoms with van der Waals surface area (Å²) in [4.78, 5) is 21.4. The first-order chi connectivity index (χ1) is 16.2. The number of nitrogens with zero attached hydrogens (tertiary/aromatic N) is 4. The molecule has 7 nitrogen and oxygen atoms in total. The van der Waals surface area contributed by atoms with E-state index in [0.717, 1.165) is 11.4 Å². The molecule has 4 rings (SSSR count). The van der Waals surface area contributed by atoms with Crippen molar-refractivity contribution in [1.82, 2.24) is 9.29 Å². The number of halogens is 2. The topological polar surface area (TPSA) is 73.8 Å². The highest BCUT2D eigenvalue weighted by Crippen LogP contribution is 2.23. The summed E-state index contributed by atoms with van der Waals surface area (Å²) < 4.78 is 38.4. The summed E-state index contributed by atoms with van der Waals surface area (Å²) >= 11 is 5.96. The van der Waals surface area contributed by atoms with Crippen molar-refractivity contribution in [2.24, 2.45) is 0 Å². The summed E-state index contributed by atoms with van der Waals surface area (Å²) in [5.41, 5.74) is 1.81. The number of amides is 1. The summed E-state index contributed by atoms with van der Waals surface area (Å²) in [6.45, 7) is 2.17. The van der Waals surface area contributed by atoms with Crippen molar-refractivity contribution < 1.29 is 17.6 Å². The monoisotopic (exact) mass is 502 g/mol. The number of carbonyl (C=O) groups is 1. The third-order valence-electron chi connectivity index (χ3n) is 5.66. The van der Waals surface area contributed by atoms with E-state index in [1.807, 2.05) is 17.0 Å². The quantitative estimate of drug-likeness (QED) is 0.512. The molecule has 0 saturated carbocycles. The van der Waals surface area contributed by atoms with Crippen molar-refractivity contribution in [3.05, 3.63) is 88.8 Å². The van der Waals surface area contributed by atoms with Crippen LogP contribution in [0.1, 0.15) is 15.9 Å². The molecular formula is C24H24ClFN4O3S. The standard InChI is InChI=1S/C24H24ClFN4O3S/c1-34(32,33)29-14-12-28(13-15-29)23-11-2-18(16-27-23)17-30(22-9-7-21(26)8-10-22)24(31)19-3-5-20(25)6-4-19/h2-11,16H,12-15,17H2,1H3. The van der Waals surface area contributed by atoms with Crippen LogP contribution in [0, 0.1) is 5.82 Å². The fourth-order valence-electron chi connectivity index (χ4n) is 3.78. The summed E-state index contributed by atoms with van der Waals surface area (Å²) in [5.74, 6) is 0.114. The number of aromatic nitrogens is 1. The van der Waals surface area contributed by atoms with Crippen molar-refractivity contribution in [2.75, 3.05) is 42.2 Å². The fraction of sp³-hybridized carbons (Fsp3) is 0.250. The van der Waals surface area contributed by atoms with Crippen LogP contribution in [0.15, 0.2) is 66.9 Å². The average molecular weight is 503 g/mol. The number of pyridine rings is 1. The van der Waals surface area contributed by atoms with E-state index in [2.05, 4.69) is 4.98 Å². The van der Waals surface area contributed by atoms with Gasteiger partial charge >= 0.3 is 0 Å². The van der Waals surface area contributed by atoms with Gasteiger partial charge in [0.2, 0.25) is 10.0 Å². The number of carbonyl (C=O) groups excluding carboxylic acids is 1. The van der Waals surface area contributed by atoms with Crippen LogP contribution in [0.5, 0.6) is 0 Å². The molecule has 0 N–H and O–H groups in total. The zero-order chi connectivity index (χ0) is 24.3. The SMILES string of the molecule is CS(=O)(=O)N1CCN(c2ccc(CN(C(=O)c3ccc(Cl)cc3)c3ccc(F)cc3)cn2)CC1. The zero-order valence-corrected chi connectivity index (χ0v) is 20.1. The zero-order valence-electron chi connectivity index (χ0n) is 18.6. The molecule has 0 spiro atoms. The van der Waals surface area contributed by atoms with E-state index >= 15 is 0 Å². The van der Waals surface area contributed by atoms with Gasteiger partial charge in [0.15, 0.2) is 0 Å². The largest absolute Gasteiger partial charge is 0.354 e. The van der Waals surface area contributed by atoms with Gasteiger partial charge < -0.3 is 9.80 Å². The van der Waals surface area contributed by atoms with Gasteiger partial charge in [0.1, 0.15) is 11.6 Å². The number of piperazine rings is 1. The molecule has 10 heteroatoms. The molecule has 1 saturated heterocycles. The van der Waals surface area contributed by atoms with Gasteiger partial charge in [0, 0.05) is 48.6 Å². The predicted octanol–water partition coefficient (Wildman–Crippen LogP) is 3.80. The molecule has 0 radical (unpaired) electrons. The molecule has 1 aliphatic heterocycles. The Labute approximate surface area is 203 Å². The molecule has 2 heterocycles. The molecule has 0 bridgehead atoms. The van der Waals surface area contributed by atoms with E-state index in [1.165, 1.54) is 22.7 Å². The van der Waals surface area contributed by atoms with Gasteiger partial charge in [-0.05, 0) is 60.2 Å². The Hall–Kier alpha value is -3.01. The van der Waals surface area contributed by atoms with E-state index in [1.54, 1.807) is 47.5 Å². The van der Waals surface area contributed by atoms with Gasteiger partial charge in [0.25, 0.3) is 5.91 Å². The number of hydrogen-bond donors (Lipinski definition) is 0. The van der Waals surface area contributed by atoms with E-state index in [0.29, 0.717) is 42.5 Å². The minimum atomic E-state index is -3.20. The summed E-state index contributed by atoms with van der Waals surface area (Å²) in [6.07, 6.45) is 2.91. The maximum absolute atomic E-state index is 13.5. The van der Waals surface area contributed by atoms with E-state index in [4.69, 9.17) is 11.6 Å². The van der Waals surface area contributed by atoms with Gasteiger partial charge in [-0.15, -0.1) is 0 Å². The number of anilines is 2. The average Bonchev–Trinajstić information content (AvgIpc) is 2.83. The highest BCUT2D eigenvalue weighted by Gasteiger charge is 2.24. The lowest BCUT2D eigenvalue weighted by Gasteiger charge is -2.34. The predicted molar refractivity (Wildman–Crippen MR) is 131 cm³/mol. The van der Waals surface area contributed by atoms with Crippen LogP contribution in [-0.4, -0.2) is 56.0 Å². The van der Waals surface area contributed by atoms with Crippen molar-refractivity contribution in [3.8, 4) is 0 Å². The molecule has 0 atom stereocenters. The molecule has 3 aromatic rings. The minimum absolute atomic E-state index is 0.238. The lowest BCUT2D eigenvalue weighted by molar-refractivity contribution is 0.0985. The highest BCUT2D eigenvalue weighted by molar-refractivity contribution is 7.88. The number of hydrogen-bond acceptors (Lipinski definition) is 5. The first-order valence-electron chi connectivity index (χ1n) is 10.7. The van der Waals surface area contributed by atoms with Gasteiger partial charge in [-0.3, -0.25) is 4.79 Å². The Morgan fingerprint density at radius 2 is 1.65 bits per heavy atom. The lowest BCUT2D eigenvalue weighted by Crippen LogP contribution is -2.48. The molecule has 1 amide bonds. The molecule has 1 aliphatic rings. The Balaban J connectivity index is 1.52. The maximum Gasteiger partial charge on any atom is 0.258 e. The Morgan fingerprint density at radius 1 is 1.00 bits per heavy atom. The van der Waals surface area contributed by atoms with Gasteiger partial charge in [-0.2, -0.15) is 4.31 Å². The van der Waals surface area contributed by atoms with Crippen molar-refractivity contribution in [1.29, 1.82) is 0 Å². The molecular weight excluding hydrogens is 479 g/mol. The van der Waals surface area contributed by atoms with Gasteiger partial charge in [0.05, 0.1) is 12.8 Å². The molecule has 1 aromatic heterocycles. The molecule has 34 heavy (non-hydrogen) atoms. The second-order valence-electron chi connectivity index (χ2n) is 8.05. The Kier molecular flexibility index (Phi) is 7.16. The third-order valence-corrected chi connectivity index (χ3v) is 7.21. The molecule has 178 valence electrons. The number of benzene rings is 2. The lowest BCUT2D eigenvalue weighted by atomic mass is 10.1. The Morgan fingerprint density at radius 3 is 2.21 bits per heavy atom. The first-order valence-corrected chi connectivity index (χ1v) is 12.9.